The van der Waals surface area contributed by atoms with Gasteiger partial charge in [-0.05, 0) is 24.6 Å². The highest BCUT2D eigenvalue weighted by Crippen LogP contribution is 2.13. The van der Waals surface area contributed by atoms with Crippen LogP contribution in [0.4, 0.5) is 0 Å². The van der Waals surface area contributed by atoms with E-state index in [0.29, 0.717) is 0 Å². The minimum atomic E-state index is -0.949. The largest absolute Gasteiger partial charge is 0.497 e. The average Bonchev–Trinajstić information content (AvgIpc) is 2.37. The molecule has 1 aromatic carbocycles. The van der Waals surface area contributed by atoms with E-state index in [4.69, 9.17) is 14.6 Å². The molecule has 0 unspecified atom stereocenters. The number of carboxylic acid groups (broad SMARTS) is 1. The molecule has 20 heavy (non-hydrogen) atoms. The normalized spacial score (nSPS) is 11.7. The van der Waals surface area contributed by atoms with Gasteiger partial charge in [0.25, 0.3) is 0 Å². The predicted molar refractivity (Wildman–Crippen MR) is 72.5 cm³/mol. The highest BCUT2D eigenvalue weighted by Gasteiger charge is 2.10. The zero-order chi connectivity index (χ0) is 15.0. The summed E-state index contributed by atoms with van der Waals surface area (Å²) < 4.78 is 10.4. The van der Waals surface area contributed by atoms with Crippen LogP contribution in [0.15, 0.2) is 24.3 Å². The summed E-state index contributed by atoms with van der Waals surface area (Å²) in [7, 11) is 1.58. The van der Waals surface area contributed by atoms with Crippen LogP contribution in [0.1, 0.15) is 18.9 Å². The van der Waals surface area contributed by atoms with Crippen molar-refractivity contribution < 1.29 is 24.2 Å². The summed E-state index contributed by atoms with van der Waals surface area (Å²) in [6.07, 6.45) is -0.109. The van der Waals surface area contributed by atoms with Crippen molar-refractivity contribution in [3.05, 3.63) is 29.8 Å². The van der Waals surface area contributed by atoms with Crippen molar-refractivity contribution >= 4 is 11.9 Å². The Kier molecular flexibility index (Phi) is 6.52. The van der Waals surface area contributed by atoms with E-state index in [0.717, 1.165) is 11.3 Å². The van der Waals surface area contributed by atoms with E-state index in [2.05, 4.69) is 5.32 Å². The lowest BCUT2D eigenvalue weighted by Gasteiger charge is -2.11. The van der Waals surface area contributed by atoms with E-state index in [1.54, 1.807) is 14.0 Å². The van der Waals surface area contributed by atoms with Crippen LogP contribution in [-0.4, -0.2) is 36.7 Å². The summed E-state index contributed by atoms with van der Waals surface area (Å²) in [6.45, 7) is 1.81. The molecule has 2 N–H and O–H groups in total. The van der Waals surface area contributed by atoms with Gasteiger partial charge in [-0.2, -0.15) is 0 Å². The monoisotopic (exact) mass is 281 g/mol. The van der Waals surface area contributed by atoms with E-state index in [9.17, 15) is 9.59 Å². The fraction of sp³-hybridized carbons (Fsp3) is 0.429. The lowest BCUT2D eigenvalue weighted by atomic mass is 10.2. The molecule has 0 heterocycles. The van der Waals surface area contributed by atoms with Crippen LogP contribution in [-0.2, 0) is 20.9 Å². The number of benzene rings is 1. The van der Waals surface area contributed by atoms with E-state index in [1.165, 1.54) is 0 Å². The van der Waals surface area contributed by atoms with E-state index >= 15 is 0 Å². The number of methoxy groups -OCH3 is 1. The molecule has 0 saturated heterocycles. The molecule has 1 aromatic rings. The van der Waals surface area contributed by atoms with Gasteiger partial charge < -0.3 is 19.9 Å². The smallest absolute Gasteiger partial charge is 0.305 e. The maximum Gasteiger partial charge on any atom is 0.305 e. The van der Waals surface area contributed by atoms with Crippen molar-refractivity contribution in [2.24, 2.45) is 0 Å². The summed E-state index contributed by atoms with van der Waals surface area (Å²) in [5.41, 5.74) is 0.899. The van der Waals surface area contributed by atoms with Gasteiger partial charge in [-0.1, -0.05) is 12.1 Å². The highest BCUT2D eigenvalue weighted by molar-refractivity contribution is 5.78. The number of ether oxygens (including phenoxy) is 2. The van der Waals surface area contributed by atoms with Crippen LogP contribution in [0.2, 0.25) is 0 Å². The number of rotatable bonds is 8. The molecular formula is C14H19NO5. The van der Waals surface area contributed by atoms with Crippen LogP contribution >= 0.6 is 0 Å². The SMILES string of the molecule is COc1cccc(COCC(=O)N[C@@H](C)CC(=O)O)c1. The van der Waals surface area contributed by atoms with Gasteiger partial charge in [0.15, 0.2) is 0 Å². The van der Waals surface area contributed by atoms with E-state index in [-0.39, 0.29) is 25.5 Å². The standard InChI is InChI=1S/C14H19NO5/c1-10(6-14(17)18)15-13(16)9-20-8-11-4-3-5-12(7-11)19-2/h3-5,7,10H,6,8-9H2,1-2H3,(H,15,16)(H,17,18)/t10-/m0/s1. The van der Waals surface area contributed by atoms with Crippen LogP contribution in [0.5, 0.6) is 5.75 Å². The van der Waals surface area contributed by atoms with Crippen molar-refractivity contribution in [3.63, 3.8) is 0 Å². The average molecular weight is 281 g/mol. The van der Waals surface area contributed by atoms with Crippen LogP contribution in [0.3, 0.4) is 0 Å². The summed E-state index contributed by atoms with van der Waals surface area (Å²) >= 11 is 0. The lowest BCUT2D eigenvalue weighted by molar-refractivity contribution is -0.137. The Bertz CT molecular complexity index is 461. The molecular weight excluding hydrogens is 262 g/mol. The van der Waals surface area contributed by atoms with Gasteiger partial charge in [-0.3, -0.25) is 9.59 Å². The Morgan fingerprint density at radius 3 is 2.80 bits per heavy atom. The molecule has 0 aliphatic rings. The predicted octanol–water partition coefficient (Wildman–Crippen LogP) is 1.19. The van der Waals surface area contributed by atoms with Gasteiger partial charge >= 0.3 is 5.97 Å². The number of nitrogens with one attached hydrogen (secondary N) is 1. The first-order chi connectivity index (χ1) is 9.51. The topological polar surface area (TPSA) is 84.9 Å². The minimum absolute atomic E-state index is 0.109. The molecule has 1 atom stereocenters. The van der Waals surface area contributed by atoms with Crippen LogP contribution in [0, 0.1) is 0 Å². The fourth-order valence-electron chi connectivity index (χ4n) is 1.65. The third kappa shape index (κ3) is 6.19. The van der Waals surface area contributed by atoms with Gasteiger partial charge in [0, 0.05) is 6.04 Å². The van der Waals surface area contributed by atoms with Gasteiger partial charge in [0.2, 0.25) is 5.91 Å². The number of hydrogen-bond acceptors (Lipinski definition) is 4. The Morgan fingerprint density at radius 2 is 2.15 bits per heavy atom. The van der Waals surface area contributed by atoms with Crippen molar-refractivity contribution in [2.45, 2.75) is 26.0 Å². The summed E-state index contributed by atoms with van der Waals surface area (Å²) in [5.74, 6) is -0.553. The zero-order valence-corrected chi connectivity index (χ0v) is 11.6. The van der Waals surface area contributed by atoms with Gasteiger partial charge in [0.1, 0.15) is 12.4 Å². The Labute approximate surface area is 117 Å². The number of carbonyl (C=O) groups excluding carboxylic acids is 1. The number of carboxylic acids is 1. The molecule has 110 valence electrons. The molecule has 0 aliphatic heterocycles. The fourth-order valence-corrected chi connectivity index (χ4v) is 1.65. The second-order valence-corrected chi connectivity index (χ2v) is 4.41. The molecule has 6 nitrogen and oxygen atoms in total. The molecule has 1 rings (SSSR count). The molecule has 1 amide bonds. The molecule has 0 spiro atoms. The van der Waals surface area contributed by atoms with Crippen molar-refractivity contribution in [2.75, 3.05) is 13.7 Å². The molecule has 0 fully saturated rings. The summed E-state index contributed by atoms with van der Waals surface area (Å²) in [5, 5.41) is 11.1. The first-order valence-corrected chi connectivity index (χ1v) is 6.23. The second kappa shape index (κ2) is 8.16. The maximum absolute atomic E-state index is 11.5. The molecule has 0 radical (unpaired) electrons. The number of carbonyl (C=O) groups is 2. The van der Waals surface area contributed by atoms with E-state index < -0.39 is 12.0 Å². The lowest BCUT2D eigenvalue weighted by Crippen LogP contribution is -2.36. The second-order valence-electron chi connectivity index (χ2n) is 4.41. The minimum Gasteiger partial charge on any atom is -0.497 e. The quantitative estimate of drug-likeness (QED) is 0.747. The zero-order valence-electron chi connectivity index (χ0n) is 11.6. The molecule has 0 bridgehead atoms. The van der Waals surface area contributed by atoms with Crippen LogP contribution < -0.4 is 10.1 Å². The maximum atomic E-state index is 11.5. The third-order valence-corrected chi connectivity index (χ3v) is 2.52. The van der Waals surface area contributed by atoms with Gasteiger partial charge in [0.05, 0.1) is 20.1 Å². The van der Waals surface area contributed by atoms with Crippen LogP contribution in [0.25, 0.3) is 0 Å². The number of hydrogen-bond donors (Lipinski definition) is 2. The van der Waals surface area contributed by atoms with E-state index in [1.807, 2.05) is 24.3 Å². The number of aliphatic carboxylic acids is 1. The van der Waals surface area contributed by atoms with Crippen molar-refractivity contribution in [1.29, 1.82) is 0 Å². The molecule has 0 saturated carbocycles. The van der Waals surface area contributed by atoms with Crippen molar-refractivity contribution in [1.82, 2.24) is 5.32 Å². The Balaban J connectivity index is 2.29. The number of amides is 1. The summed E-state index contributed by atoms with van der Waals surface area (Å²) in [6, 6.07) is 6.94. The Hall–Kier alpha value is -2.08. The van der Waals surface area contributed by atoms with Gasteiger partial charge in [-0.15, -0.1) is 0 Å². The summed E-state index contributed by atoms with van der Waals surface area (Å²) in [4.78, 5) is 22.0. The first-order valence-electron chi connectivity index (χ1n) is 6.23. The van der Waals surface area contributed by atoms with Crippen molar-refractivity contribution in [3.8, 4) is 5.75 Å². The molecule has 6 heteroatoms. The van der Waals surface area contributed by atoms with Gasteiger partial charge in [-0.25, -0.2) is 0 Å². The Morgan fingerprint density at radius 1 is 1.40 bits per heavy atom. The molecule has 0 aromatic heterocycles. The molecule has 0 aliphatic carbocycles. The third-order valence-electron chi connectivity index (χ3n) is 2.52. The highest BCUT2D eigenvalue weighted by atomic mass is 16.5. The first kappa shape index (κ1) is 16.0.